The van der Waals surface area contributed by atoms with Crippen molar-refractivity contribution in [2.45, 2.75) is 18.9 Å². The van der Waals surface area contributed by atoms with Gasteiger partial charge in [0.25, 0.3) is 0 Å². The van der Waals surface area contributed by atoms with E-state index in [-0.39, 0.29) is 5.91 Å². The molecule has 1 rings (SSSR count). The van der Waals surface area contributed by atoms with Crippen molar-refractivity contribution in [2.24, 2.45) is 0 Å². The summed E-state index contributed by atoms with van der Waals surface area (Å²) >= 11 is 0. The summed E-state index contributed by atoms with van der Waals surface area (Å²) in [5, 5.41) is 5.67. The van der Waals surface area contributed by atoms with Crippen LogP contribution in [0.1, 0.15) is 24.4 Å². The summed E-state index contributed by atoms with van der Waals surface area (Å²) in [6, 6.07) is 8.32. The molecule has 0 aliphatic rings. The summed E-state index contributed by atoms with van der Waals surface area (Å²) in [5.41, 5.74) is 0.719. The number of benzene rings is 1. The smallest absolute Gasteiger partial charge is 0.333 e. The highest BCUT2D eigenvalue weighted by atomic mass is 16.5. The van der Waals surface area contributed by atoms with Crippen molar-refractivity contribution in [1.29, 1.82) is 0 Å². The third-order valence-corrected chi connectivity index (χ3v) is 2.71. The molecule has 0 spiro atoms. The minimum Gasteiger partial charge on any atom is -0.467 e. The van der Waals surface area contributed by atoms with Crippen LogP contribution in [-0.2, 0) is 14.3 Å². The lowest BCUT2D eigenvalue weighted by atomic mass is 10.1. The van der Waals surface area contributed by atoms with Gasteiger partial charge in [0.2, 0.25) is 5.91 Å². The second kappa shape index (κ2) is 8.26. The lowest BCUT2D eigenvalue weighted by Gasteiger charge is -2.16. The molecule has 104 valence electrons. The Kier molecular flexibility index (Phi) is 6.60. The molecule has 0 saturated heterocycles. The van der Waals surface area contributed by atoms with E-state index in [0.29, 0.717) is 6.42 Å². The predicted molar refractivity (Wildman–Crippen MR) is 72.5 cm³/mol. The van der Waals surface area contributed by atoms with E-state index in [9.17, 15) is 9.59 Å². The van der Waals surface area contributed by atoms with Gasteiger partial charge in [-0.3, -0.25) is 4.79 Å². The molecule has 5 nitrogen and oxygen atoms in total. The molecule has 0 aliphatic heterocycles. The van der Waals surface area contributed by atoms with Crippen LogP contribution in [0.5, 0.6) is 0 Å². The average Bonchev–Trinajstić information content (AvgIpc) is 2.45. The van der Waals surface area contributed by atoms with Crippen molar-refractivity contribution in [1.82, 2.24) is 10.6 Å². The molecule has 0 bridgehead atoms. The maximum absolute atomic E-state index is 11.8. The third kappa shape index (κ3) is 5.09. The standard InChI is InChI=1S/C14H20N2O3/c1-15-10-6-9-12(17)16-13(14(18)19-2)11-7-4-3-5-8-11/h3-5,7-8,13,15H,6,9-10H2,1-2H3,(H,16,17). The summed E-state index contributed by atoms with van der Waals surface area (Å²) in [6.07, 6.45) is 1.10. The fraction of sp³-hybridized carbons (Fsp3) is 0.429. The fourth-order valence-electron chi connectivity index (χ4n) is 1.70. The van der Waals surface area contributed by atoms with Crippen molar-refractivity contribution < 1.29 is 14.3 Å². The Labute approximate surface area is 113 Å². The van der Waals surface area contributed by atoms with Gasteiger partial charge < -0.3 is 15.4 Å². The molecule has 0 aromatic heterocycles. The van der Waals surface area contributed by atoms with E-state index in [4.69, 9.17) is 4.74 Å². The normalized spacial score (nSPS) is 11.7. The number of rotatable bonds is 7. The molecule has 0 radical (unpaired) electrons. The van der Waals surface area contributed by atoms with E-state index < -0.39 is 12.0 Å². The van der Waals surface area contributed by atoms with Gasteiger partial charge in [-0.15, -0.1) is 0 Å². The lowest BCUT2D eigenvalue weighted by Crippen LogP contribution is -2.34. The number of hydrogen-bond acceptors (Lipinski definition) is 4. The highest BCUT2D eigenvalue weighted by Gasteiger charge is 2.22. The fourth-order valence-corrected chi connectivity index (χ4v) is 1.70. The Morgan fingerprint density at radius 1 is 1.26 bits per heavy atom. The molecule has 19 heavy (non-hydrogen) atoms. The van der Waals surface area contributed by atoms with Gasteiger partial charge >= 0.3 is 5.97 Å². The van der Waals surface area contributed by atoms with E-state index in [1.165, 1.54) is 7.11 Å². The van der Waals surface area contributed by atoms with Crippen molar-refractivity contribution in [2.75, 3.05) is 20.7 Å². The first kappa shape index (κ1) is 15.2. The van der Waals surface area contributed by atoms with Crippen molar-refractivity contribution >= 4 is 11.9 Å². The number of esters is 1. The highest BCUT2D eigenvalue weighted by Crippen LogP contribution is 2.14. The van der Waals surface area contributed by atoms with Crippen molar-refractivity contribution in [3.05, 3.63) is 35.9 Å². The van der Waals surface area contributed by atoms with Gasteiger partial charge in [0, 0.05) is 6.42 Å². The molecule has 1 amide bonds. The maximum atomic E-state index is 11.8. The van der Waals surface area contributed by atoms with Gasteiger partial charge in [0.15, 0.2) is 6.04 Å². The summed E-state index contributed by atoms with van der Waals surface area (Å²) in [6.45, 7) is 0.766. The maximum Gasteiger partial charge on any atom is 0.333 e. The quantitative estimate of drug-likeness (QED) is 0.570. The second-order valence-electron chi connectivity index (χ2n) is 4.14. The molecule has 5 heteroatoms. The van der Waals surface area contributed by atoms with Gasteiger partial charge in [0.05, 0.1) is 7.11 Å². The largest absolute Gasteiger partial charge is 0.467 e. The van der Waals surface area contributed by atoms with Gasteiger partial charge in [-0.1, -0.05) is 30.3 Å². The van der Waals surface area contributed by atoms with Crippen LogP contribution in [0.25, 0.3) is 0 Å². The SMILES string of the molecule is CNCCCC(=O)NC(C(=O)OC)c1ccccc1. The molecule has 0 aliphatic carbocycles. The van der Waals surface area contributed by atoms with E-state index in [1.807, 2.05) is 25.2 Å². The zero-order valence-corrected chi connectivity index (χ0v) is 11.3. The Bertz CT molecular complexity index is 406. The zero-order valence-electron chi connectivity index (χ0n) is 11.3. The summed E-state index contributed by atoms with van der Waals surface area (Å²) in [7, 11) is 3.14. The third-order valence-electron chi connectivity index (χ3n) is 2.71. The molecule has 0 fully saturated rings. The first-order chi connectivity index (χ1) is 9.19. The minimum atomic E-state index is -0.742. The summed E-state index contributed by atoms with van der Waals surface area (Å²) in [5.74, 6) is -0.623. The van der Waals surface area contributed by atoms with Crippen LogP contribution in [0.2, 0.25) is 0 Å². The molecule has 1 aromatic carbocycles. The number of amides is 1. The topological polar surface area (TPSA) is 67.4 Å². The van der Waals surface area contributed by atoms with Crippen molar-refractivity contribution in [3.8, 4) is 0 Å². The summed E-state index contributed by atoms with van der Waals surface area (Å²) < 4.78 is 4.73. The van der Waals surface area contributed by atoms with E-state index >= 15 is 0 Å². The van der Waals surface area contributed by atoms with Gasteiger partial charge in [-0.25, -0.2) is 4.79 Å². The van der Waals surface area contributed by atoms with Crippen LogP contribution in [0.15, 0.2) is 30.3 Å². The Balaban J connectivity index is 2.66. The van der Waals surface area contributed by atoms with Crippen LogP contribution in [0.4, 0.5) is 0 Å². The lowest BCUT2D eigenvalue weighted by molar-refractivity contribution is -0.145. The molecule has 1 atom stereocenters. The molecule has 2 N–H and O–H groups in total. The van der Waals surface area contributed by atoms with Gasteiger partial charge in [-0.2, -0.15) is 0 Å². The zero-order chi connectivity index (χ0) is 14.1. The van der Waals surface area contributed by atoms with Gasteiger partial charge in [-0.05, 0) is 25.6 Å². The van der Waals surface area contributed by atoms with E-state index in [0.717, 1.165) is 18.5 Å². The number of hydrogen-bond donors (Lipinski definition) is 2. The Morgan fingerprint density at radius 3 is 2.53 bits per heavy atom. The predicted octanol–water partition coefficient (Wildman–Crippen LogP) is 1.02. The molecule has 1 unspecified atom stereocenters. The van der Waals surface area contributed by atoms with Crippen LogP contribution >= 0.6 is 0 Å². The molecule has 0 heterocycles. The Hall–Kier alpha value is -1.88. The average molecular weight is 264 g/mol. The number of carbonyl (C=O) groups excluding carboxylic acids is 2. The van der Waals surface area contributed by atoms with E-state index in [2.05, 4.69) is 10.6 Å². The first-order valence-electron chi connectivity index (χ1n) is 6.25. The monoisotopic (exact) mass is 264 g/mol. The summed E-state index contributed by atoms with van der Waals surface area (Å²) in [4.78, 5) is 23.5. The van der Waals surface area contributed by atoms with Crippen LogP contribution in [0, 0.1) is 0 Å². The first-order valence-corrected chi connectivity index (χ1v) is 6.25. The van der Waals surface area contributed by atoms with Crippen LogP contribution < -0.4 is 10.6 Å². The van der Waals surface area contributed by atoms with E-state index in [1.54, 1.807) is 12.1 Å². The minimum absolute atomic E-state index is 0.158. The number of ether oxygens (including phenoxy) is 1. The molecular weight excluding hydrogens is 244 g/mol. The highest BCUT2D eigenvalue weighted by molar-refractivity contribution is 5.85. The number of methoxy groups -OCH3 is 1. The number of nitrogens with one attached hydrogen (secondary N) is 2. The number of carbonyl (C=O) groups is 2. The molecule has 1 aromatic rings. The van der Waals surface area contributed by atoms with Crippen molar-refractivity contribution in [3.63, 3.8) is 0 Å². The second-order valence-corrected chi connectivity index (χ2v) is 4.14. The van der Waals surface area contributed by atoms with Crippen LogP contribution in [0.3, 0.4) is 0 Å². The van der Waals surface area contributed by atoms with Gasteiger partial charge in [0.1, 0.15) is 0 Å². The molecule has 0 saturated carbocycles. The Morgan fingerprint density at radius 2 is 1.95 bits per heavy atom. The molecular formula is C14H20N2O3. The van der Waals surface area contributed by atoms with Crippen LogP contribution in [-0.4, -0.2) is 32.6 Å².